The number of ether oxygens (including phenoxy) is 2. The summed E-state index contributed by atoms with van der Waals surface area (Å²) in [6.07, 6.45) is 4.39. The Morgan fingerprint density at radius 1 is 1.40 bits per heavy atom. The van der Waals surface area contributed by atoms with E-state index < -0.39 is 0 Å². The lowest BCUT2D eigenvalue weighted by molar-refractivity contribution is -0.105. The van der Waals surface area contributed by atoms with Crippen LogP contribution in [0.2, 0.25) is 0 Å². The van der Waals surface area contributed by atoms with Crippen molar-refractivity contribution in [3.05, 3.63) is 29.8 Å². The number of hydrogen-bond donors (Lipinski definition) is 0. The lowest BCUT2D eigenvalue weighted by Crippen LogP contribution is -2.24. The summed E-state index contributed by atoms with van der Waals surface area (Å²) in [6, 6.07) is 8.25. The molecule has 1 atom stereocenters. The highest BCUT2D eigenvalue weighted by Gasteiger charge is 2.14. The third-order valence-electron chi connectivity index (χ3n) is 2.71. The van der Waals surface area contributed by atoms with E-state index in [1.54, 1.807) is 0 Å². The van der Waals surface area contributed by atoms with Gasteiger partial charge in [-0.25, -0.2) is 0 Å². The van der Waals surface area contributed by atoms with Crippen LogP contribution >= 0.6 is 0 Å². The topological polar surface area (TPSA) is 18.5 Å². The first-order valence-corrected chi connectivity index (χ1v) is 5.75. The van der Waals surface area contributed by atoms with Crippen LogP contribution in [0.5, 0.6) is 5.75 Å². The van der Waals surface area contributed by atoms with Gasteiger partial charge in [-0.15, -0.1) is 0 Å². The van der Waals surface area contributed by atoms with Crippen LogP contribution in [0.15, 0.2) is 24.3 Å². The largest absolute Gasteiger partial charge is 0.465 e. The first kappa shape index (κ1) is 10.6. The summed E-state index contributed by atoms with van der Waals surface area (Å²) >= 11 is 0. The molecule has 1 heterocycles. The van der Waals surface area contributed by atoms with E-state index in [2.05, 4.69) is 20.0 Å². The monoisotopic (exact) mass is 204 g/mol. The van der Waals surface area contributed by atoms with Crippen molar-refractivity contribution < 1.29 is 9.47 Å². The van der Waals surface area contributed by atoms with Crippen molar-refractivity contribution >= 4 is 7.85 Å². The van der Waals surface area contributed by atoms with Crippen LogP contribution < -0.4 is 4.74 Å². The van der Waals surface area contributed by atoms with E-state index in [0.717, 1.165) is 31.5 Å². The van der Waals surface area contributed by atoms with E-state index in [0.29, 0.717) is 0 Å². The predicted molar refractivity (Wildman–Crippen MR) is 62.9 cm³/mol. The lowest BCUT2D eigenvalue weighted by Gasteiger charge is -2.23. The zero-order chi connectivity index (χ0) is 10.5. The molecule has 1 aliphatic heterocycles. The minimum atomic E-state index is -0.0362. The average molecular weight is 204 g/mol. The van der Waals surface area contributed by atoms with Gasteiger partial charge in [0.2, 0.25) is 0 Å². The van der Waals surface area contributed by atoms with Crippen molar-refractivity contribution in [2.75, 3.05) is 6.61 Å². The van der Waals surface area contributed by atoms with Crippen molar-refractivity contribution in [3.8, 4) is 5.75 Å². The Bertz CT molecular complexity index is 308. The van der Waals surface area contributed by atoms with E-state index in [1.165, 1.54) is 12.0 Å². The molecular weight excluding hydrogens is 187 g/mol. The van der Waals surface area contributed by atoms with E-state index >= 15 is 0 Å². The van der Waals surface area contributed by atoms with Gasteiger partial charge < -0.3 is 9.47 Å². The quantitative estimate of drug-likeness (QED) is 0.698. The first-order chi connectivity index (χ1) is 7.38. The minimum absolute atomic E-state index is 0.0362. The molecule has 1 aromatic carbocycles. The number of benzene rings is 1. The molecule has 0 N–H and O–H groups in total. The van der Waals surface area contributed by atoms with Gasteiger partial charge in [-0.1, -0.05) is 24.0 Å². The molecule has 0 saturated carbocycles. The summed E-state index contributed by atoms with van der Waals surface area (Å²) in [5.74, 6) is 0.932. The molecule has 0 amide bonds. The Labute approximate surface area is 92.0 Å². The van der Waals surface area contributed by atoms with Gasteiger partial charge in [-0.05, 0) is 25.0 Å². The summed E-state index contributed by atoms with van der Waals surface area (Å²) in [5, 5.41) is 0. The Balaban J connectivity index is 1.96. The maximum absolute atomic E-state index is 5.78. The molecule has 0 spiro atoms. The molecule has 1 unspecified atom stereocenters. The summed E-state index contributed by atoms with van der Waals surface area (Å²) in [5.41, 5.74) is 1.31. The van der Waals surface area contributed by atoms with Crippen molar-refractivity contribution in [2.24, 2.45) is 0 Å². The lowest BCUT2D eigenvalue weighted by atomic mass is 9.97. The zero-order valence-corrected chi connectivity index (χ0v) is 9.24. The normalized spacial score (nSPS) is 21.2. The van der Waals surface area contributed by atoms with E-state index in [1.807, 2.05) is 12.1 Å². The summed E-state index contributed by atoms with van der Waals surface area (Å²) in [7, 11) is 2.15. The van der Waals surface area contributed by atoms with E-state index in [9.17, 15) is 0 Å². The fraction of sp³-hybridized carbons (Fsp3) is 0.500. The second-order valence-electron chi connectivity index (χ2n) is 3.91. The molecular formula is C12H17BO2. The van der Waals surface area contributed by atoms with Crippen molar-refractivity contribution in [3.63, 3.8) is 0 Å². The zero-order valence-electron chi connectivity index (χ0n) is 9.24. The molecule has 0 aliphatic carbocycles. The third-order valence-corrected chi connectivity index (χ3v) is 2.71. The molecule has 1 fully saturated rings. The Hall–Kier alpha value is -0.955. The fourth-order valence-corrected chi connectivity index (χ4v) is 1.79. The molecule has 0 bridgehead atoms. The van der Waals surface area contributed by atoms with E-state index in [4.69, 9.17) is 9.47 Å². The standard InChI is InChI=1S/C12H17BO2/c13-9-10-4-3-5-11(8-10)15-12-6-1-2-7-14-12/h3-5,8,12H,1-2,6-7,9,13H2. The second kappa shape index (κ2) is 5.22. The average Bonchev–Trinajstić information content (AvgIpc) is 2.31. The SMILES string of the molecule is BCc1cccc(OC2CCCCO2)c1. The third kappa shape index (κ3) is 3.00. The van der Waals surface area contributed by atoms with Gasteiger partial charge >= 0.3 is 0 Å². The van der Waals surface area contributed by atoms with Gasteiger partial charge in [0, 0.05) is 6.42 Å². The molecule has 1 aromatic rings. The van der Waals surface area contributed by atoms with Gasteiger partial charge in [0.1, 0.15) is 13.6 Å². The summed E-state index contributed by atoms with van der Waals surface area (Å²) in [4.78, 5) is 0. The highest BCUT2D eigenvalue weighted by Crippen LogP contribution is 2.20. The van der Waals surface area contributed by atoms with Gasteiger partial charge in [0.15, 0.2) is 6.29 Å². The highest BCUT2D eigenvalue weighted by molar-refractivity contribution is 6.08. The number of hydrogen-bond acceptors (Lipinski definition) is 2. The summed E-state index contributed by atoms with van der Waals surface area (Å²) < 4.78 is 11.3. The van der Waals surface area contributed by atoms with Crippen LogP contribution in [0.3, 0.4) is 0 Å². The molecule has 2 rings (SSSR count). The molecule has 1 saturated heterocycles. The molecule has 3 heteroatoms. The fourth-order valence-electron chi connectivity index (χ4n) is 1.79. The van der Waals surface area contributed by atoms with Gasteiger partial charge in [0.05, 0.1) is 6.61 Å². The second-order valence-corrected chi connectivity index (χ2v) is 3.91. The van der Waals surface area contributed by atoms with Crippen LogP contribution in [0, 0.1) is 0 Å². The smallest absolute Gasteiger partial charge is 0.199 e. The van der Waals surface area contributed by atoms with Crippen molar-refractivity contribution in [1.29, 1.82) is 0 Å². The number of rotatable bonds is 3. The summed E-state index contributed by atoms with van der Waals surface area (Å²) in [6.45, 7) is 0.831. The first-order valence-electron chi connectivity index (χ1n) is 5.75. The Kier molecular flexibility index (Phi) is 3.67. The molecule has 0 aromatic heterocycles. The maximum atomic E-state index is 5.78. The van der Waals surface area contributed by atoms with Crippen molar-refractivity contribution in [2.45, 2.75) is 31.9 Å². The van der Waals surface area contributed by atoms with Crippen LogP contribution in [-0.4, -0.2) is 20.7 Å². The van der Waals surface area contributed by atoms with Crippen molar-refractivity contribution in [1.82, 2.24) is 0 Å². The van der Waals surface area contributed by atoms with Gasteiger partial charge in [-0.2, -0.15) is 0 Å². The maximum Gasteiger partial charge on any atom is 0.199 e. The Morgan fingerprint density at radius 2 is 2.33 bits per heavy atom. The molecule has 0 radical (unpaired) electrons. The van der Waals surface area contributed by atoms with E-state index in [-0.39, 0.29) is 6.29 Å². The highest BCUT2D eigenvalue weighted by atomic mass is 16.7. The van der Waals surface area contributed by atoms with Crippen LogP contribution in [-0.2, 0) is 11.1 Å². The van der Waals surface area contributed by atoms with Crippen LogP contribution in [0.1, 0.15) is 24.8 Å². The molecule has 1 aliphatic rings. The Morgan fingerprint density at radius 3 is 3.07 bits per heavy atom. The van der Waals surface area contributed by atoms with Gasteiger partial charge in [0.25, 0.3) is 0 Å². The predicted octanol–water partition coefficient (Wildman–Crippen LogP) is 1.73. The molecule has 15 heavy (non-hydrogen) atoms. The molecule has 2 nitrogen and oxygen atoms in total. The van der Waals surface area contributed by atoms with Crippen LogP contribution in [0.4, 0.5) is 0 Å². The molecule has 80 valence electrons. The van der Waals surface area contributed by atoms with Crippen LogP contribution in [0.25, 0.3) is 0 Å². The minimum Gasteiger partial charge on any atom is -0.465 e. The van der Waals surface area contributed by atoms with Gasteiger partial charge in [-0.3, -0.25) is 0 Å².